The molecule has 0 radical (unpaired) electrons. The molecule has 1 aromatic carbocycles. The Balaban J connectivity index is 0.00000128. The Morgan fingerprint density at radius 1 is 1.31 bits per heavy atom. The van der Waals surface area contributed by atoms with Gasteiger partial charge in [0.15, 0.2) is 5.82 Å². The van der Waals surface area contributed by atoms with Crippen molar-refractivity contribution in [2.75, 3.05) is 5.73 Å². The monoisotopic (exact) mass is 321 g/mol. The number of anilines is 1. The number of nitrogens with zero attached hydrogens (tertiary/aromatic N) is 2. The molecule has 16 heavy (non-hydrogen) atoms. The zero-order valence-corrected chi connectivity index (χ0v) is 11.4. The van der Waals surface area contributed by atoms with Crippen molar-refractivity contribution in [2.45, 2.75) is 6.54 Å². The summed E-state index contributed by atoms with van der Waals surface area (Å²) in [6, 6.07) is 7.65. The first kappa shape index (κ1) is 13.4. The van der Waals surface area contributed by atoms with E-state index in [1.54, 1.807) is 4.68 Å². The van der Waals surface area contributed by atoms with Crippen LogP contribution in [0.25, 0.3) is 0 Å². The van der Waals surface area contributed by atoms with Gasteiger partial charge in [0.1, 0.15) is 0 Å². The van der Waals surface area contributed by atoms with Crippen LogP contribution >= 0.6 is 39.9 Å². The molecule has 0 bridgehead atoms. The molecular weight excluding hydrogens is 313 g/mol. The molecule has 3 nitrogen and oxygen atoms in total. The maximum absolute atomic E-state index is 5.79. The second-order valence-electron chi connectivity index (χ2n) is 3.19. The van der Waals surface area contributed by atoms with Crippen molar-refractivity contribution in [3.8, 4) is 0 Å². The highest BCUT2D eigenvalue weighted by Gasteiger charge is 2.02. The lowest BCUT2D eigenvalue weighted by molar-refractivity contribution is 0.690. The molecule has 0 saturated carbocycles. The molecule has 6 heteroatoms. The summed E-state index contributed by atoms with van der Waals surface area (Å²) in [6.45, 7) is 0.687. The van der Waals surface area contributed by atoms with E-state index in [9.17, 15) is 0 Å². The number of benzene rings is 1. The van der Waals surface area contributed by atoms with Gasteiger partial charge in [-0.1, -0.05) is 23.7 Å². The van der Waals surface area contributed by atoms with Gasteiger partial charge in [0.25, 0.3) is 0 Å². The number of hydrogen-bond acceptors (Lipinski definition) is 2. The number of rotatable bonds is 2. The minimum absolute atomic E-state index is 0. The summed E-state index contributed by atoms with van der Waals surface area (Å²) in [6.07, 6.45) is 1.85. The average Bonchev–Trinajstić information content (AvgIpc) is 2.50. The molecule has 2 rings (SSSR count). The van der Waals surface area contributed by atoms with Gasteiger partial charge in [-0.2, -0.15) is 5.10 Å². The summed E-state index contributed by atoms with van der Waals surface area (Å²) < 4.78 is 2.60. The molecule has 1 heterocycles. The van der Waals surface area contributed by atoms with Gasteiger partial charge in [-0.3, -0.25) is 4.68 Å². The first-order valence-corrected chi connectivity index (χ1v) is 5.55. The van der Waals surface area contributed by atoms with Crippen LogP contribution in [0.4, 0.5) is 5.82 Å². The molecule has 2 aromatic rings. The third kappa shape index (κ3) is 3.14. The summed E-state index contributed by atoms with van der Waals surface area (Å²) in [5, 5.41) is 4.88. The van der Waals surface area contributed by atoms with Gasteiger partial charge in [0, 0.05) is 11.2 Å². The van der Waals surface area contributed by atoms with Gasteiger partial charge in [-0.15, -0.1) is 12.4 Å². The van der Waals surface area contributed by atoms with E-state index in [2.05, 4.69) is 21.0 Å². The number of nitrogens with two attached hydrogens (primary N) is 1. The number of hydrogen-bond donors (Lipinski definition) is 1. The van der Waals surface area contributed by atoms with E-state index in [-0.39, 0.29) is 12.4 Å². The van der Waals surface area contributed by atoms with Crippen molar-refractivity contribution in [1.29, 1.82) is 0 Å². The van der Waals surface area contributed by atoms with E-state index >= 15 is 0 Å². The smallest absolute Gasteiger partial charge is 0.159 e. The topological polar surface area (TPSA) is 43.8 Å². The molecule has 0 amide bonds. The molecular formula is C10H10BrCl2N3. The number of halogens is 3. The van der Waals surface area contributed by atoms with Gasteiger partial charge in [-0.25, -0.2) is 0 Å². The zero-order chi connectivity index (χ0) is 10.8. The van der Waals surface area contributed by atoms with Crippen molar-refractivity contribution in [3.63, 3.8) is 0 Å². The van der Waals surface area contributed by atoms with Crippen molar-refractivity contribution in [2.24, 2.45) is 0 Å². The van der Waals surface area contributed by atoms with E-state index < -0.39 is 0 Å². The Morgan fingerprint density at radius 3 is 2.44 bits per heavy atom. The summed E-state index contributed by atoms with van der Waals surface area (Å²) in [7, 11) is 0. The van der Waals surface area contributed by atoms with Crippen LogP contribution in [-0.4, -0.2) is 9.78 Å². The molecule has 0 unspecified atom stereocenters. The molecule has 0 aliphatic rings. The minimum atomic E-state index is 0. The molecule has 86 valence electrons. The second kappa shape index (κ2) is 5.57. The lowest BCUT2D eigenvalue weighted by atomic mass is 10.2. The Kier molecular flexibility index (Phi) is 4.65. The quantitative estimate of drug-likeness (QED) is 0.921. The van der Waals surface area contributed by atoms with Crippen molar-refractivity contribution in [3.05, 3.63) is 45.5 Å². The lowest BCUT2D eigenvalue weighted by Crippen LogP contribution is -2.00. The fourth-order valence-corrected chi connectivity index (χ4v) is 1.71. The third-order valence-electron chi connectivity index (χ3n) is 2.00. The highest BCUT2D eigenvalue weighted by atomic mass is 79.9. The Morgan fingerprint density at radius 2 is 1.94 bits per heavy atom. The fourth-order valence-electron chi connectivity index (χ4n) is 1.27. The van der Waals surface area contributed by atoms with Crippen molar-refractivity contribution in [1.82, 2.24) is 9.78 Å². The molecule has 2 N–H and O–H groups in total. The third-order valence-corrected chi connectivity index (χ3v) is 2.86. The van der Waals surface area contributed by atoms with Crippen molar-refractivity contribution < 1.29 is 0 Å². The van der Waals surface area contributed by atoms with Crippen LogP contribution in [0.5, 0.6) is 0 Å². The Labute approximate surface area is 113 Å². The van der Waals surface area contributed by atoms with E-state index in [1.165, 1.54) is 0 Å². The minimum Gasteiger partial charge on any atom is -0.381 e. The zero-order valence-electron chi connectivity index (χ0n) is 8.23. The fraction of sp³-hybridized carbons (Fsp3) is 0.100. The van der Waals surface area contributed by atoms with Gasteiger partial charge in [-0.05, 0) is 33.6 Å². The van der Waals surface area contributed by atoms with Gasteiger partial charge in [0.05, 0.1) is 11.0 Å². The van der Waals surface area contributed by atoms with Crippen LogP contribution in [0.3, 0.4) is 0 Å². The van der Waals surface area contributed by atoms with E-state index in [0.29, 0.717) is 12.4 Å². The van der Waals surface area contributed by atoms with Crippen molar-refractivity contribution >= 4 is 45.8 Å². The van der Waals surface area contributed by atoms with E-state index in [0.717, 1.165) is 15.1 Å². The predicted molar refractivity (Wildman–Crippen MR) is 72.1 cm³/mol. The predicted octanol–water partition coefficient (Wildman–Crippen LogP) is 3.35. The van der Waals surface area contributed by atoms with E-state index in [1.807, 2.05) is 30.5 Å². The molecule has 1 aromatic heterocycles. The summed E-state index contributed by atoms with van der Waals surface area (Å²) >= 11 is 9.11. The summed E-state index contributed by atoms with van der Waals surface area (Å²) in [4.78, 5) is 0. The maximum atomic E-state index is 5.79. The number of nitrogen functional groups attached to an aromatic ring is 1. The second-order valence-corrected chi connectivity index (χ2v) is 4.48. The van der Waals surface area contributed by atoms with Crippen LogP contribution in [0, 0.1) is 0 Å². The van der Waals surface area contributed by atoms with Crippen LogP contribution in [0.2, 0.25) is 5.02 Å². The molecule has 0 fully saturated rings. The van der Waals surface area contributed by atoms with Crippen LogP contribution in [-0.2, 0) is 6.54 Å². The number of aromatic nitrogens is 2. The molecule has 0 aliphatic carbocycles. The first-order valence-electron chi connectivity index (χ1n) is 4.38. The SMILES string of the molecule is Cl.Nc1nn(Cc2ccc(Cl)cc2)cc1Br. The summed E-state index contributed by atoms with van der Waals surface area (Å²) in [5.74, 6) is 0.504. The lowest BCUT2D eigenvalue weighted by Gasteiger charge is -2.01. The standard InChI is InChI=1S/C10H9BrClN3.ClH/c11-9-6-15(14-10(9)13)5-7-1-3-8(12)4-2-7;/h1-4,6H,5H2,(H2,13,14);1H. The molecule has 0 atom stereocenters. The van der Waals surface area contributed by atoms with Gasteiger partial charge < -0.3 is 5.73 Å². The largest absolute Gasteiger partial charge is 0.381 e. The van der Waals surface area contributed by atoms with Crippen LogP contribution in [0.1, 0.15) is 5.56 Å². The molecule has 0 spiro atoms. The average molecular weight is 323 g/mol. The highest BCUT2D eigenvalue weighted by molar-refractivity contribution is 9.10. The van der Waals surface area contributed by atoms with Crippen LogP contribution in [0.15, 0.2) is 34.9 Å². The van der Waals surface area contributed by atoms with Gasteiger partial charge in [0.2, 0.25) is 0 Å². The normalized spacial score (nSPS) is 9.88. The highest BCUT2D eigenvalue weighted by Crippen LogP contribution is 2.17. The maximum Gasteiger partial charge on any atom is 0.159 e. The molecule has 0 saturated heterocycles. The molecule has 0 aliphatic heterocycles. The Bertz CT molecular complexity index is 448. The first-order chi connectivity index (χ1) is 7.15. The van der Waals surface area contributed by atoms with Gasteiger partial charge >= 0.3 is 0 Å². The Hall–Kier alpha value is -0.710. The van der Waals surface area contributed by atoms with Crippen LogP contribution < -0.4 is 5.73 Å². The van der Waals surface area contributed by atoms with E-state index in [4.69, 9.17) is 17.3 Å². The summed E-state index contributed by atoms with van der Waals surface area (Å²) in [5.41, 5.74) is 6.75.